The largest absolute Gasteiger partial charge is 0.336 e. The van der Waals surface area contributed by atoms with E-state index >= 15 is 0 Å². The number of rotatable bonds is 7. The van der Waals surface area contributed by atoms with E-state index in [4.69, 9.17) is 10.4 Å². The molecule has 0 amide bonds. The van der Waals surface area contributed by atoms with Crippen LogP contribution in [0.5, 0.6) is 0 Å². The van der Waals surface area contributed by atoms with Crippen LogP contribution < -0.4 is 15.5 Å². The van der Waals surface area contributed by atoms with E-state index in [-0.39, 0.29) is 0 Å². The van der Waals surface area contributed by atoms with E-state index in [0.717, 1.165) is 65.8 Å². The van der Waals surface area contributed by atoms with Gasteiger partial charge >= 0.3 is 0 Å². The molecule has 168 valence electrons. The highest BCUT2D eigenvalue weighted by atomic mass is 32.1. The summed E-state index contributed by atoms with van der Waals surface area (Å²) in [5.74, 6) is 1.18. The van der Waals surface area contributed by atoms with Gasteiger partial charge in [0.25, 0.3) is 0 Å². The number of allylic oxidation sites excluding steroid dienone is 2. The Bertz CT molecular complexity index is 1060. The predicted octanol–water partition coefficient (Wildman–Crippen LogP) is 5.91. The zero-order valence-electron chi connectivity index (χ0n) is 19.1. The van der Waals surface area contributed by atoms with Crippen LogP contribution >= 0.6 is 11.3 Å². The van der Waals surface area contributed by atoms with Gasteiger partial charge in [0.1, 0.15) is 5.84 Å². The average Bonchev–Trinajstić information content (AvgIpc) is 3.36. The summed E-state index contributed by atoms with van der Waals surface area (Å²) in [4.78, 5) is 8.15. The molecule has 4 rings (SSSR count). The van der Waals surface area contributed by atoms with E-state index in [1.807, 2.05) is 24.0 Å². The fraction of sp³-hybridized carbons (Fsp3) is 0.385. The second-order valence-corrected chi connectivity index (χ2v) is 9.87. The minimum atomic E-state index is 0.471. The highest BCUT2D eigenvalue weighted by Crippen LogP contribution is 2.36. The molecule has 2 aliphatic heterocycles. The SMILES string of the molecule is C=C(CC1CCNCC1)Nc1nc(-c2ccc3c(c2)CCN3C(=N)C(=C)/C=C\C)c(C)s1. The first-order chi connectivity index (χ1) is 15.5. The molecule has 2 aliphatic rings. The minimum Gasteiger partial charge on any atom is -0.336 e. The molecule has 0 aliphatic carbocycles. The first-order valence-corrected chi connectivity index (χ1v) is 12.2. The number of thiazole rings is 1. The molecule has 5 nitrogen and oxygen atoms in total. The number of hydrogen-bond donors (Lipinski definition) is 3. The molecule has 32 heavy (non-hydrogen) atoms. The standard InChI is InChI=1S/C26H33N5S/c1-5-6-17(2)25(27)31-14-11-21-16-22(7-8-23(21)31)24-19(4)32-26(30-24)29-18(3)15-20-9-12-28-13-10-20/h5-8,16,20,27-28H,2-3,9-15H2,1,4H3,(H,29,30)/b6-5-,27-25?. The van der Waals surface area contributed by atoms with Gasteiger partial charge in [-0.05, 0) is 76.2 Å². The van der Waals surface area contributed by atoms with Crippen LogP contribution in [-0.4, -0.2) is 30.5 Å². The van der Waals surface area contributed by atoms with Crippen molar-refractivity contribution in [3.05, 3.63) is 65.2 Å². The van der Waals surface area contributed by atoms with Crippen LogP contribution in [0.25, 0.3) is 11.3 Å². The molecule has 6 heteroatoms. The third-order valence-electron chi connectivity index (χ3n) is 6.26. The molecule has 3 heterocycles. The van der Waals surface area contributed by atoms with Gasteiger partial charge in [-0.2, -0.15) is 0 Å². The lowest BCUT2D eigenvalue weighted by Crippen LogP contribution is -2.28. The Morgan fingerprint density at radius 2 is 2.12 bits per heavy atom. The van der Waals surface area contributed by atoms with E-state index < -0.39 is 0 Å². The molecule has 1 aromatic carbocycles. The number of benzene rings is 1. The summed E-state index contributed by atoms with van der Waals surface area (Å²) in [5, 5.41) is 16.3. The maximum absolute atomic E-state index is 8.48. The second-order valence-electron chi connectivity index (χ2n) is 8.67. The number of fused-ring (bicyclic) bond motifs is 1. The van der Waals surface area contributed by atoms with Crippen molar-refractivity contribution in [3.63, 3.8) is 0 Å². The van der Waals surface area contributed by atoms with Gasteiger partial charge in [0.15, 0.2) is 5.13 Å². The number of nitrogens with zero attached hydrogens (tertiary/aromatic N) is 2. The quantitative estimate of drug-likeness (QED) is 0.281. The summed E-state index contributed by atoms with van der Waals surface area (Å²) >= 11 is 1.69. The number of anilines is 2. The fourth-order valence-corrected chi connectivity index (χ4v) is 5.47. The van der Waals surface area contributed by atoms with Gasteiger partial charge in [-0.15, -0.1) is 11.3 Å². The summed E-state index contributed by atoms with van der Waals surface area (Å²) in [7, 11) is 0. The molecule has 0 radical (unpaired) electrons. The maximum Gasteiger partial charge on any atom is 0.187 e. The third-order valence-corrected chi connectivity index (χ3v) is 7.15. The van der Waals surface area contributed by atoms with E-state index in [9.17, 15) is 0 Å². The topological polar surface area (TPSA) is 64.0 Å². The molecule has 0 atom stereocenters. The van der Waals surface area contributed by atoms with Gasteiger partial charge in [0, 0.05) is 33.9 Å². The van der Waals surface area contributed by atoms with Gasteiger partial charge in [-0.1, -0.05) is 31.4 Å². The van der Waals surface area contributed by atoms with Crippen LogP contribution in [-0.2, 0) is 6.42 Å². The lowest BCUT2D eigenvalue weighted by atomic mass is 9.93. The van der Waals surface area contributed by atoms with Crippen LogP contribution in [0.15, 0.2) is 54.8 Å². The van der Waals surface area contributed by atoms with Gasteiger partial charge in [0.05, 0.1) is 5.69 Å². The fourth-order valence-electron chi connectivity index (χ4n) is 4.59. The first-order valence-electron chi connectivity index (χ1n) is 11.4. The molecule has 1 fully saturated rings. The van der Waals surface area contributed by atoms with Crippen LogP contribution in [0.2, 0.25) is 0 Å². The molecule has 1 aromatic heterocycles. The summed E-state index contributed by atoms with van der Waals surface area (Å²) in [6.07, 6.45) is 8.18. The summed E-state index contributed by atoms with van der Waals surface area (Å²) in [6, 6.07) is 6.48. The van der Waals surface area contributed by atoms with Gasteiger partial charge in [-0.3, -0.25) is 5.41 Å². The number of hydrogen-bond acceptors (Lipinski definition) is 5. The van der Waals surface area contributed by atoms with E-state index in [1.165, 1.54) is 23.3 Å². The Kier molecular flexibility index (Phi) is 6.92. The summed E-state index contributed by atoms with van der Waals surface area (Å²) in [5.41, 5.74) is 6.32. The highest BCUT2D eigenvalue weighted by molar-refractivity contribution is 7.16. The molecular formula is C26H33N5S. The van der Waals surface area contributed by atoms with Crippen molar-refractivity contribution in [2.45, 2.75) is 39.5 Å². The zero-order chi connectivity index (χ0) is 22.7. The normalized spacial score (nSPS) is 16.4. The van der Waals surface area contributed by atoms with E-state index in [1.54, 1.807) is 11.3 Å². The van der Waals surface area contributed by atoms with Gasteiger partial charge in [-0.25, -0.2) is 4.98 Å². The van der Waals surface area contributed by atoms with Crippen molar-refractivity contribution in [3.8, 4) is 11.3 Å². The van der Waals surface area contributed by atoms with Gasteiger partial charge < -0.3 is 15.5 Å². The Labute approximate surface area is 195 Å². The number of amidine groups is 1. The predicted molar refractivity (Wildman–Crippen MR) is 138 cm³/mol. The minimum absolute atomic E-state index is 0.471. The molecular weight excluding hydrogens is 414 g/mol. The Hall–Kier alpha value is -2.70. The smallest absolute Gasteiger partial charge is 0.187 e. The number of aryl methyl sites for hydroxylation is 1. The molecule has 0 unspecified atom stereocenters. The lowest BCUT2D eigenvalue weighted by molar-refractivity contribution is 0.373. The monoisotopic (exact) mass is 447 g/mol. The number of aromatic nitrogens is 1. The molecule has 3 N–H and O–H groups in total. The van der Waals surface area contributed by atoms with Crippen LogP contribution in [0.3, 0.4) is 0 Å². The first kappa shape index (κ1) is 22.5. The highest BCUT2D eigenvalue weighted by Gasteiger charge is 2.24. The third kappa shape index (κ3) is 4.87. The van der Waals surface area contributed by atoms with Crippen LogP contribution in [0.4, 0.5) is 10.8 Å². The average molecular weight is 448 g/mol. The van der Waals surface area contributed by atoms with Crippen molar-refractivity contribution in [1.82, 2.24) is 10.3 Å². The van der Waals surface area contributed by atoms with Crippen molar-refractivity contribution in [2.24, 2.45) is 5.92 Å². The Morgan fingerprint density at radius 3 is 2.88 bits per heavy atom. The van der Waals surface area contributed by atoms with E-state index in [2.05, 4.69) is 48.9 Å². The molecule has 0 bridgehead atoms. The molecule has 1 saturated heterocycles. The molecule has 0 saturated carbocycles. The summed E-state index contributed by atoms with van der Waals surface area (Å²) in [6.45, 7) is 15.4. The number of piperidine rings is 1. The van der Waals surface area contributed by atoms with Gasteiger partial charge in [0.2, 0.25) is 0 Å². The Morgan fingerprint density at radius 1 is 1.34 bits per heavy atom. The van der Waals surface area contributed by atoms with Crippen molar-refractivity contribution in [2.75, 3.05) is 29.9 Å². The van der Waals surface area contributed by atoms with Crippen LogP contribution in [0.1, 0.15) is 36.6 Å². The molecule has 0 spiro atoms. The second kappa shape index (κ2) is 9.84. The molecule has 2 aromatic rings. The lowest BCUT2D eigenvalue weighted by Gasteiger charge is -2.23. The van der Waals surface area contributed by atoms with Crippen molar-refractivity contribution < 1.29 is 0 Å². The number of nitrogens with one attached hydrogen (secondary N) is 3. The maximum atomic E-state index is 8.48. The zero-order valence-corrected chi connectivity index (χ0v) is 19.9. The van der Waals surface area contributed by atoms with Crippen molar-refractivity contribution in [1.29, 1.82) is 5.41 Å². The van der Waals surface area contributed by atoms with E-state index in [0.29, 0.717) is 11.8 Å². The van der Waals surface area contributed by atoms with Crippen molar-refractivity contribution >= 4 is 28.0 Å². The van der Waals surface area contributed by atoms with Crippen LogP contribution in [0, 0.1) is 18.3 Å². The summed E-state index contributed by atoms with van der Waals surface area (Å²) < 4.78 is 0. The Balaban J connectivity index is 1.47.